The van der Waals surface area contributed by atoms with E-state index in [0.29, 0.717) is 11.8 Å². The first-order valence-corrected chi connectivity index (χ1v) is 30.3. The lowest BCUT2D eigenvalue weighted by Gasteiger charge is -2.61. The summed E-state index contributed by atoms with van der Waals surface area (Å²) in [5.41, 5.74) is 23.1. The third kappa shape index (κ3) is 6.71. The van der Waals surface area contributed by atoms with Crippen LogP contribution in [0.25, 0.3) is 98.8 Å². The van der Waals surface area contributed by atoms with Crippen LogP contribution in [0.15, 0.2) is 251 Å². The highest BCUT2D eigenvalue weighted by atomic mass is 16.3. The molecular formula is C80H60N2O2. The van der Waals surface area contributed by atoms with Crippen molar-refractivity contribution in [3.8, 4) is 33.4 Å². The van der Waals surface area contributed by atoms with E-state index in [4.69, 9.17) is 8.83 Å². The van der Waals surface area contributed by atoms with Crippen LogP contribution >= 0.6 is 0 Å². The monoisotopic (exact) mass is 1080 g/mol. The molecule has 12 aromatic carbocycles. The second kappa shape index (κ2) is 18.2. The number of aryl methyl sites for hydroxylation is 2. The Kier molecular flexibility index (Phi) is 10.4. The Morgan fingerprint density at radius 1 is 0.333 bits per heavy atom. The van der Waals surface area contributed by atoms with Gasteiger partial charge < -0.3 is 18.6 Å². The van der Waals surface area contributed by atoms with E-state index >= 15 is 0 Å². The molecule has 0 atom stereocenters. The van der Waals surface area contributed by atoms with Crippen LogP contribution in [0, 0.1) is 37.5 Å². The Morgan fingerprint density at radius 3 is 1.15 bits per heavy atom. The fourth-order valence-electron chi connectivity index (χ4n) is 17.4. The van der Waals surface area contributed by atoms with Crippen LogP contribution in [0.2, 0.25) is 0 Å². The van der Waals surface area contributed by atoms with Crippen molar-refractivity contribution in [3.05, 3.63) is 265 Å². The van der Waals surface area contributed by atoms with Gasteiger partial charge in [-0.25, -0.2) is 0 Å². The second-order valence-electron chi connectivity index (χ2n) is 24.7. The van der Waals surface area contributed by atoms with Crippen LogP contribution < -0.4 is 9.80 Å². The summed E-state index contributed by atoms with van der Waals surface area (Å²) in [6.07, 6.45) is 6.35. The summed E-state index contributed by atoms with van der Waals surface area (Å²) < 4.78 is 13.8. The highest BCUT2D eigenvalue weighted by molar-refractivity contribution is 6.22. The van der Waals surface area contributed by atoms with Gasteiger partial charge in [0.1, 0.15) is 22.3 Å². The number of hydrogen-bond acceptors (Lipinski definition) is 4. The van der Waals surface area contributed by atoms with E-state index in [9.17, 15) is 0 Å². The molecule has 0 radical (unpaired) electrons. The number of rotatable bonds is 8. The number of fused-ring (bicyclic) bond motifs is 13. The molecule has 4 fully saturated rings. The van der Waals surface area contributed by atoms with Crippen LogP contribution in [0.4, 0.5) is 34.1 Å². The van der Waals surface area contributed by atoms with Crippen molar-refractivity contribution < 1.29 is 8.83 Å². The van der Waals surface area contributed by atoms with Crippen LogP contribution in [0.1, 0.15) is 54.4 Å². The minimum atomic E-state index is -0.262. The molecule has 5 aliphatic rings. The molecule has 4 saturated carbocycles. The lowest BCUT2D eigenvalue weighted by atomic mass is 9.43. The first-order chi connectivity index (χ1) is 41.5. The van der Waals surface area contributed by atoms with Gasteiger partial charge in [0, 0.05) is 38.1 Å². The van der Waals surface area contributed by atoms with E-state index in [1.807, 2.05) is 0 Å². The van der Waals surface area contributed by atoms with E-state index in [2.05, 4.69) is 266 Å². The maximum absolute atomic E-state index is 6.90. The molecule has 2 aromatic heterocycles. The average Bonchev–Trinajstić information content (AvgIpc) is 1.54. The van der Waals surface area contributed by atoms with Gasteiger partial charge in [-0.2, -0.15) is 0 Å². The first kappa shape index (κ1) is 47.9. The SMILES string of the molecule is Cc1cccc2c1oc1cccc(N(c3ccccc3-c3ccccc3)c3cc4c(c5ccccc35)-c3c(cc(N(c5ccccc5-c5ccccc5)c5cccc6oc7c(C)cccc7c56)c5ccccc35)C43C4CC5CC(C4)CC3C5)c12. The molecule has 4 nitrogen and oxygen atoms in total. The number of para-hydroxylation sites is 4. The van der Waals surface area contributed by atoms with Gasteiger partial charge in [-0.15, -0.1) is 0 Å². The van der Waals surface area contributed by atoms with Gasteiger partial charge in [0.05, 0.1) is 44.9 Å². The lowest BCUT2D eigenvalue weighted by Crippen LogP contribution is -2.55. The minimum absolute atomic E-state index is 0.262. The molecule has 4 bridgehead atoms. The predicted octanol–water partition coefficient (Wildman–Crippen LogP) is 22.4. The number of furan rings is 2. The number of nitrogens with zero attached hydrogens (tertiary/aromatic N) is 2. The van der Waals surface area contributed by atoms with Crippen LogP contribution in [0.5, 0.6) is 0 Å². The Balaban J connectivity index is 0.974. The van der Waals surface area contributed by atoms with Crippen molar-refractivity contribution >= 4 is 99.5 Å². The number of benzene rings is 12. The fourth-order valence-corrected chi connectivity index (χ4v) is 17.4. The first-order valence-electron chi connectivity index (χ1n) is 30.3. The molecule has 19 rings (SSSR count). The zero-order chi connectivity index (χ0) is 55.4. The Bertz CT molecular complexity index is 4700. The second-order valence-corrected chi connectivity index (χ2v) is 24.7. The van der Waals surface area contributed by atoms with E-state index in [-0.39, 0.29) is 5.41 Å². The van der Waals surface area contributed by atoms with Gasteiger partial charge in [0.2, 0.25) is 0 Å². The van der Waals surface area contributed by atoms with Crippen molar-refractivity contribution in [1.82, 2.24) is 0 Å². The molecule has 402 valence electrons. The van der Waals surface area contributed by atoms with Crippen molar-refractivity contribution in [2.45, 2.75) is 51.4 Å². The largest absolute Gasteiger partial charge is 0.456 e. The van der Waals surface area contributed by atoms with Gasteiger partial charge in [0.15, 0.2) is 0 Å². The van der Waals surface area contributed by atoms with E-state index in [0.717, 1.165) is 89.6 Å². The van der Waals surface area contributed by atoms with Crippen LogP contribution in [-0.2, 0) is 5.41 Å². The molecule has 84 heavy (non-hydrogen) atoms. The fraction of sp³-hybridized carbons (Fsp3) is 0.150. The minimum Gasteiger partial charge on any atom is -0.456 e. The zero-order valence-electron chi connectivity index (χ0n) is 47.1. The molecule has 0 saturated heterocycles. The van der Waals surface area contributed by atoms with E-state index in [1.165, 1.54) is 110 Å². The number of anilines is 6. The molecule has 0 N–H and O–H groups in total. The van der Waals surface area contributed by atoms with Crippen molar-refractivity contribution in [1.29, 1.82) is 0 Å². The molecular weight excluding hydrogens is 1020 g/mol. The van der Waals surface area contributed by atoms with Crippen molar-refractivity contribution in [2.75, 3.05) is 9.80 Å². The molecule has 0 amide bonds. The Labute approximate surface area is 488 Å². The molecule has 0 aliphatic heterocycles. The van der Waals surface area contributed by atoms with Crippen molar-refractivity contribution in [2.24, 2.45) is 23.7 Å². The predicted molar refractivity (Wildman–Crippen MR) is 349 cm³/mol. The van der Waals surface area contributed by atoms with Gasteiger partial charge in [-0.05, 0) is 173 Å². The van der Waals surface area contributed by atoms with Crippen LogP contribution in [-0.4, -0.2) is 0 Å². The third-order valence-corrected chi connectivity index (χ3v) is 20.4. The molecule has 4 heteroatoms. The summed E-state index contributed by atoms with van der Waals surface area (Å²) >= 11 is 0. The quantitative estimate of drug-likeness (QED) is 0.152. The van der Waals surface area contributed by atoms with Gasteiger partial charge in [0.25, 0.3) is 0 Å². The third-order valence-electron chi connectivity index (χ3n) is 20.4. The molecule has 5 aliphatic carbocycles. The highest BCUT2D eigenvalue weighted by Crippen LogP contribution is 2.72. The number of hydrogen-bond donors (Lipinski definition) is 0. The standard InChI is InChI=1S/C80H60N2O2/c1-48-21-17-33-62-76-68(37-19-39-72(76)83-78(48)62)81(66-35-15-13-27-56(66)52-23-5-3-6-24-52)70-46-64-74(60-31-11-9-29-58(60)70)75-61-32-12-10-30-59(61)71(47-65(75)80(64)54-42-50-41-51(44-54)45-55(80)43-50)82(67-36-16-14-28-57(67)53-25-7-4-8-26-53)69-38-20-40-73-77(69)63-34-18-22-49(2)79(63)84-73/h3-40,46-47,50-51,54-55H,41-45H2,1-2H3. The van der Waals surface area contributed by atoms with E-state index < -0.39 is 0 Å². The summed E-state index contributed by atoms with van der Waals surface area (Å²) in [6, 6.07) is 90.9. The van der Waals surface area contributed by atoms with Crippen LogP contribution in [0.3, 0.4) is 0 Å². The zero-order valence-corrected chi connectivity index (χ0v) is 47.1. The molecule has 14 aromatic rings. The topological polar surface area (TPSA) is 32.8 Å². The van der Waals surface area contributed by atoms with Crippen molar-refractivity contribution in [3.63, 3.8) is 0 Å². The van der Waals surface area contributed by atoms with Gasteiger partial charge in [-0.3, -0.25) is 0 Å². The maximum Gasteiger partial charge on any atom is 0.138 e. The normalized spacial score (nSPS) is 18.2. The Morgan fingerprint density at radius 2 is 0.702 bits per heavy atom. The molecule has 1 spiro atoms. The average molecular weight is 1080 g/mol. The summed E-state index contributed by atoms with van der Waals surface area (Å²) in [6.45, 7) is 4.33. The smallest absolute Gasteiger partial charge is 0.138 e. The van der Waals surface area contributed by atoms with Gasteiger partial charge in [-0.1, -0.05) is 194 Å². The lowest BCUT2D eigenvalue weighted by molar-refractivity contribution is -0.0398. The Hall–Kier alpha value is -9.64. The summed E-state index contributed by atoms with van der Waals surface area (Å²) in [5.74, 6) is 2.44. The summed E-state index contributed by atoms with van der Waals surface area (Å²) in [5, 5.41) is 9.56. The summed E-state index contributed by atoms with van der Waals surface area (Å²) in [7, 11) is 0. The van der Waals surface area contributed by atoms with Gasteiger partial charge >= 0.3 is 0 Å². The highest BCUT2D eigenvalue weighted by Gasteiger charge is 2.62. The summed E-state index contributed by atoms with van der Waals surface area (Å²) in [4.78, 5) is 5.25. The molecule has 2 heterocycles. The van der Waals surface area contributed by atoms with E-state index in [1.54, 1.807) is 0 Å². The maximum atomic E-state index is 6.90. The molecule has 0 unspecified atom stereocenters.